The Morgan fingerprint density at radius 1 is 1.44 bits per heavy atom. The molecule has 2 nitrogen and oxygen atoms in total. The Balaban J connectivity index is 2.16. The molecule has 1 saturated heterocycles. The molecule has 0 radical (unpaired) electrons. The number of ether oxygens (including phenoxy) is 1. The van der Waals surface area contributed by atoms with Crippen molar-refractivity contribution in [2.45, 2.75) is 52.1 Å². The molecule has 3 heteroatoms. The lowest BCUT2D eigenvalue weighted by atomic mass is 9.93. The van der Waals surface area contributed by atoms with Gasteiger partial charge in [-0.1, -0.05) is 27.7 Å². The van der Waals surface area contributed by atoms with Gasteiger partial charge in [-0.3, -0.25) is 4.79 Å². The first-order valence-electron chi connectivity index (χ1n) is 6.69. The van der Waals surface area contributed by atoms with E-state index in [0.29, 0.717) is 0 Å². The minimum atomic E-state index is 0.0708. The molecule has 0 aliphatic carbocycles. The van der Waals surface area contributed by atoms with E-state index in [1.165, 1.54) is 4.88 Å². The molecule has 0 bridgehead atoms. The van der Waals surface area contributed by atoms with Crippen molar-refractivity contribution >= 4 is 17.1 Å². The molecule has 1 aliphatic heterocycles. The SMILES string of the molecule is CCC1OCCC1C(=O)c1ccc(C(C)(C)C)s1. The van der Waals surface area contributed by atoms with Gasteiger partial charge in [0.1, 0.15) is 0 Å². The van der Waals surface area contributed by atoms with Crippen LogP contribution < -0.4 is 0 Å². The average molecular weight is 266 g/mol. The summed E-state index contributed by atoms with van der Waals surface area (Å²) in [6.45, 7) is 9.36. The third-order valence-electron chi connectivity index (χ3n) is 3.54. The summed E-state index contributed by atoms with van der Waals surface area (Å²) in [6.07, 6.45) is 1.92. The molecule has 2 rings (SSSR count). The number of carbonyl (C=O) groups excluding carboxylic acids is 1. The molecular weight excluding hydrogens is 244 g/mol. The predicted molar refractivity (Wildman–Crippen MR) is 75.5 cm³/mol. The lowest BCUT2D eigenvalue weighted by Gasteiger charge is -2.16. The van der Waals surface area contributed by atoms with Crippen molar-refractivity contribution in [2.75, 3.05) is 6.61 Å². The van der Waals surface area contributed by atoms with Crippen LogP contribution in [0, 0.1) is 5.92 Å². The summed E-state index contributed by atoms with van der Waals surface area (Å²) in [5, 5.41) is 0. The van der Waals surface area contributed by atoms with Crippen LogP contribution in [0.25, 0.3) is 0 Å². The van der Waals surface area contributed by atoms with Crippen LogP contribution in [0.3, 0.4) is 0 Å². The molecule has 2 unspecified atom stereocenters. The van der Waals surface area contributed by atoms with Crippen LogP contribution in [-0.4, -0.2) is 18.5 Å². The first kappa shape index (κ1) is 13.8. The first-order valence-corrected chi connectivity index (χ1v) is 7.51. The van der Waals surface area contributed by atoms with Crippen molar-refractivity contribution in [3.63, 3.8) is 0 Å². The van der Waals surface area contributed by atoms with E-state index in [-0.39, 0.29) is 23.2 Å². The van der Waals surface area contributed by atoms with Gasteiger partial charge in [0.2, 0.25) is 0 Å². The Labute approximate surface area is 113 Å². The Hall–Kier alpha value is -0.670. The van der Waals surface area contributed by atoms with E-state index in [4.69, 9.17) is 4.74 Å². The van der Waals surface area contributed by atoms with Crippen LogP contribution >= 0.6 is 11.3 Å². The number of hydrogen-bond acceptors (Lipinski definition) is 3. The van der Waals surface area contributed by atoms with Crippen LogP contribution in [0.4, 0.5) is 0 Å². The van der Waals surface area contributed by atoms with Crippen molar-refractivity contribution in [2.24, 2.45) is 5.92 Å². The number of hydrogen-bond donors (Lipinski definition) is 0. The molecule has 0 amide bonds. The molecule has 2 atom stereocenters. The van der Waals surface area contributed by atoms with E-state index in [9.17, 15) is 4.79 Å². The quantitative estimate of drug-likeness (QED) is 0.772. The van der Waals surface area contributed by atoms with E-state index in [2.05, 4.69) is 33.8 Å². The standard InChI is InChI=1S/C15H22O2S/c1-5-11-10(8-9-17-11)14(16)12-6-7-13(18-12)15(2,3)4/h6-7,10-11H,5,8-9H2,1-4H3. The maximum absolute atomic E-state index is 12.5. The Morgan fingerprint density at radius 2 is 2.17 bits per heavy atom. The molecule has 1 aliphatic rings. The highest BCUT2D eigenvalue weighted by atomic mass is 32.1. The van der Waals surface area contributed by atoms with Gasteiger partial charge in [-0.15, -0.1) is 11.3 Å². The highest BCUT2D eigenvalue weighted by Gasteiger charge is 2.34. The Morgan fingerprint density at radius 3 is 2.72 bits per heavy atom. The third kappa shape index (κ3) is 2.67. The maximum Gasteiger partial charge on any atom is 0.178 e. The average Bonchev–Trinajstić information content (AvgIpc) is 2.96. The lowest BCUT2D eigenvalue weighted by Crippen LogP contribution is -2.23. The van der Waals surface area contributed by atoms with Crippen LogP contribution in [0.2, 0.25) is 0 Å². The normalized spacial score (nSPS) is 24.4. The second-order valence-electron chi connectivity index (χ2n) is 5.99. The van der Waals surface area contributed by atoms with Crippen molar-refractivity contribution in [1.82, 2.24) is 0 Å². The zero-order valence-corrected chi connectivity index (χ0v) is 12.5. The molecule has 1 fully saturated rings. The molecule has 0 aromatic carbocycles. The number of rotatable bonds is 3. The Bertz CT molecular complexity index is 428. The van der Waals surface area contributed by atoms with E-state index >= 15 is 0 Å². The number of thiophene rings is 1. The molecule has 18 heavy (non-hydrogen) atoms. The van der Waals surface area contributed by atoms with Crippen molar-refractivity contribution < 1.29 is 9.53 Å². The summed E-state index contributed by atoms with van der Waals surface area (Å²) in [6, 6.07) is 4.08. The van der Waals surface area contributed by atoms with Gasteiger partial charge in [-0.2, -0.15) is 0 Å². The van der Waals surface area contributed by atoms with Gasteiger partial charge in [0, 0.05) is 11.5 Å². The fraction of sp³-hybridized carbons (Fsp3) is 0.667. The maximum atomic E-state index is 12.5. The van der Waals surface area contributed by atoms with Gasteiger partial charge in [0.15, 0.2) is 5.78 Å². The van der Waals surface area contributed by atoms with E-state index in [0.717, 1.165) is 24.3 Å². The molecule has 2 heterocycles. The summed E-state index contributed by atoms with van der Waals surface area (Å²) in [5.41, 5.74) is 0.125. The van der Waals surface area contributed by atoms with Gasteiger partial charge in [-0.05, 0) is 30.4 Å². The summed E-state index contributed by atoms with van der Waals surface area (Å²) in [4.78, 5) is 14.7. The van der Waals surface area contributed by atoms with Crippen molar-refractivity contribution in [3.05, 3.63) is 21.9 Å². The molecule has 1 aromatic heterocycles. The molecule has 1 aromatic rings. The zero-order chi connectivity index (χ0) is 13.3. The third-order valence-corrected chi connectivity index (χ3v) is 5.06. The molecular formula is C15H22O2S. The zero-order valence-electron chi connectivity index (χ0n) is 11.7. The summed E-state index contributed by atoms with van der Waals surface area (Å²) < 4.78 is 5.62. The largest absolute Gasteiger partial charge is 0.377 e. The number of carbonyl (C=O) groups is 1. The number of Topliss-reactive ketones (excluding diaryl/α,β-unsaturated/α-hetero) is 1. The van der Waals surface area contributed by atoms with E-state index < -0.39 is 0 Å². The predicted octanol–water partition coefficient (Wildman–Crippen LogP) is 4.04. The van der Waals surface area contributed by atoms with E-state index in [1.54, 1.807) is 11.3 Å². The lowest BCUT2D eigenvalue weighted by molar-refractivity contribution is 0.0692. The van der Waals surface area contributed by atoms with Gasteiger partial charge in [0.25, 0.3) is 0 Å². The number of ketones is 1. The van der Waals surface area contributed by atoms with Crippen molar-refractivity contribution in [1.29, 1.82) is 0 Å². The molecule has 100 valence electrons. The molecule has 0 saturated carbocycles. The van der Waals surface area contributed by atoms with Gasteiger partial charge in [0.05, 0.1) is 16.9 Å². The second-order valence-corrected chi connectivity index (χ2v) is 7.07. The summed E-state index contributed by atoms with van der Waals surface area (Å²) in [5.74, 6) is 0.348. The summed E-state index contributed by atoms with van der Waals surface area (Å²) in [7, 11) is 0. The smallest absolute Gasteiger partial charge is 0.178 e. The van der Waals surface area contributed by atoms with Gasteiger partial charge < -0.3 is 4.74 Å². The fourth-order valence-electron chi connectivity index (χ4n) is 2.41. The van der Waals surface area contributed by atoms with Crippen LogP contribution in [0.15, 0.2) is 12.1 Å². The molecule has 0 spiro atoms. The first-order chi connectivity index (χ1) is 8.43. The molecule has 0 N–H and O–H groups in total. The second kappa shape index (κ2) is 5.14. The van der Waals surface area contributed by atoms with Crippen LogP contribution in [-0.2, 0) is 10.2 Å². The van der Waals surface area contributed by atoms with Crippen molar-refractivity contribution in [3.8, 4) is 0 Å². The van der Waals surface area contributed by atoms with E-state index in [1.807, 2.05) is 6.07 Å². The highest BCUT2D eigenvalue weighted by molar-refractivity contribution is 7.14. The topological polar surface area (TPSA) is 26.3 Å². The monoisotopic (exact) mass is 266 g/mol. The van der Waals surface area contributed by atoms with Crippen LogP contribution in [0.1, 0.15) is 55.1 Å². The summed E-state index contributed by atoms with van der Waals surface area (Å²) >= 11 is 1.64. The minimum absolute atomic E-state index is 0.0708. The Kier molecular flexibility index (Phi) is 3.93. The van der Waals surface area contributed by atoms with Gasteiger partial charge in [-0.25, -0.2) is 0 Å². The minimum Gasteiger partial charge on any atom is -0.377 e. The van der Waals surface area contributed by atoms with Crippen LogP contribution in [0.5, 0.6) is 0 Å². The fourth-order valence-corrected chi connectivity index (χ4v) is 3.47. The van der Waals surface area contributed by atoms with Gasteiger partial charge >= 0.3 is 0 Å². The highest BCUT2D eigenvalue weighted by Crippen LogP contribution is 2.33.